The molecule has 2 aromatic rings. The van der Waals surface area contributed by atoms with Crippen molar-refractivity contribution < 1.29 is 9.59 Å². The maximum absolute atomic E-state index is 12.8. The first-order valence-electron chi connectivity index (χ1n) is 10.0. The number of nitrogens with zero attached hydrogens (tertiary/aromatic N) is 4. The number of hydrogen-bond acceptors (Lipinski definition) is 3. The molecule has 2 fully saturated rings. The first kappa shape index (κ1) is 20.8. The minimum atomic E-state index is -0.140. The van der Waals surface area contributed by atoms with Crippen molar-refractivity contribution in [3.8, 4) is 0 Å². The van der Waals surface area contributed by atoms with Crippen molar-refractivity contribution in [1.82, 2.24) is 9.80 Å². The van der Waals surface area contributed by atoms with Crippen LogP contribution in [0.1, 0.15) is 5.56 Å². The molecule has 0 spiro atoms. The number of amides is 3. The highest BCUT2D eigenvalue weighted by Gasteiger charge is 2.32. The van der Waals surface area contributed by atoms with Crippen LogP contribution in [-0.2, 0) is 4.79 Å². The molecule has 0 radical (unpaired) electrons. The van der Waals surface area contributed by atoms with Crippen LogP contribution < -0.4 is 9.80 Å². The lowest BCUT2D eigenvalue weighted by Gasteiger charge is -2.37. The van der Waals surface area contributed by atoms with Crippen molar-refractivity contribution in [3.63, 3.8) is 0 Å². The van der Waals surface area contributed by atoms with Gasteiger partial charge in [-0.15, -0.1) is 0 Å². The van der Waals surface area contributed by atoms with Gasteiger partial charge in [0.1, 0.15) is 6.54 Å². The molecule has 4 rings (SSSR count). The molecule has 2 aliphatic rings. The molecule has 6 nitrogen and oxygen atoms in total. The Morgan fingerprint density at radius 1 is 0.900 bits per heavy atom. The van der Waals surface area contributed by atoms with E-state index in [4.69, 9.17) is 23.2 Å². The van der Waals surface area contributed by atoms with E-state index in [0.717, 1.165) is 24.5 Å². The number of aryl methyl sites for hydroxylation is 1. The molecular formula is C22H24Cl2N4O2. The van der Waals surface area contributed by atoms with Gasteiger partial charge in [0.05, 0.1) is 0 Å². The molecule has 3 amide bonds. The lowest BCUT2D eigenvalue weighted by Crippen LogP contribution is -2.51. The highest BCUT2D eigenvalue weighted by atomic mass is 35.5. The summed E-state index contributed by atoms with van der Waals surface area (Å²) in [5.74, 6) is -0.0104. The van der Waals surface area contributed by atoms with Crippen LogP contribution in [0.15, 0.2) is 42.5 Å². The third-order valence-electron chi connectivity index (χ3n) is 5.70. The van der Waals surface area contributed by atoms with Gasteiger partial charge in [-0.1, -0.05) is 29.3 Å². The van der Waals surface area contributed by atoms with Gasteiger partial charge in [0.15, 0.2) is 0 Å². The summed E-state index contributed by atoms with van der Waals surface area (Å²) in [6.45, 7) is 6.04. The molecular weight excluding hydrogens is 423 g/mol. The zero-order chi connectivity index (χ0) is 21.3. The smallest absolute Gasteiger partial charge is 0.325 e. The van der Waals surface area contributed by atoms with Gasteiger partial charge < -0.3 is 14.7 Å². The van der Waals surface area contributed by atoms with Gasteiger partial charge in [-0.3, -0.25) is 9.69 Å². The van der Waals surface area contributed by atoms with Crippen LogP contribution in [0.2, 0.25) is 10.0 Å². The van der Waals surface area contributed by atoms with Crippen LogP contribution in [0.25, 0.3) is 0 Å². The first-order chi connectivity index (χ1) is 14.4. The minimum Gasteiger partial charge on any atom is -0.368 e. The monoisotopic (exact) mass is 446 g/mol. The fourth-order valence-electron chi connectivity index (χ4n) is 3.97. The fraction of sp³-hybridized carbons (Fsp3) is 0.364. The summed E-state index contributed by atoms with van der Waals surface area (Å²) in [6, 6.07) is 12.9. The Morgan fingerprint density at radius 2 is 1.57 bits per heavy atom. The molecule has 8 heteroatoms. The Bertz CT molecular complexity index is 943. The second-order valence-corrected chi connectivity index (χ2v) is 8.50. The Labute approximate surface area is 186 Å². The van der Waals surface area contributed by atoms with E-state index < -0.39 is 0 Å². The average Bonchev–Trinajstić information content (AvgIpc) is 3.10. The van der Waals surface area contributed by atoms with Gasteiger partial charge >= 0.3 is 6.03 Å². The van der Waals surface area contributed by atoms with Crippen LogP contribution in [0, 0.1) is 6.92 Å². The van der Waals surface area contributed by atoms with Crippen LogP contribution in [-0.4, -0.2) is 67.6 Å². The fourth-order valence-corrected chi connectivity index (χ4v) is 4.27. The van der Waals surface area contributed by atoms with Crippen LogP contribution >= 0.6 is 23.2 Å². The number of halogens is 2. The predicted molar refractivity (Wildman–Crippen MR) is 121 cm³/mol. The third kappa shape index (κ3) is 4.35. The molecule has 2 saturated heterocycles. The largest absolute Gasteiger partial charge is 0.368 e. The lowest BCUT2D eigenvalue weighted by atomic mass is 10.1. The van der Waals surface area contributed by atoms with Crippen LogP contribution in [0.4, 0.5) is 16.2 Å². The van der Waals surface area contributed by atoms with E-state index in [1.165, 1.54) is 5.56 Å². The summed E-state index contributed by atoms with van der Waals surface area (Å²) in [5, 5.41) is 1.34. The van der Waals surface area contributed by atoms with Crippen molar-refractivity contribution in [3.05, 3.63) is 58.1 Å². The highest BCUT2D eigenvalue weighted by Crippen LogP contribution is 2.26. The molecule has 2 heterocycles. The first-order valence-corrected chi connectivity index (χ1v) is 10.8. The van der Waals surface area contributed by atoms with E-state index in [1.807, 2.05) is 35.2 Å². The summed E-state index contributed by atoms with van der Waals surface area (Å²) in [6.07, 6.45) is 0. The molecule has 0 unspecified atom stereocenters. The van der Waals surface area contributed by atoms with E-state index in [-0.39, 0.29) is 18.5 Å². The van der Waals surface area contributed by atoms with Crippen molar-refractivity contribution in [2.45, 2.75) is 6.92 Å². The predicted octanol–water partition coefficient (Wildman–Crippen LogP) is 3.89. The SMILES string of the molecule is Cc1ccc(Cl)cc1N1CCN(C(=O)CN2CCN(c3ccc(Cl)cc3)C2=O)CC1. The quantitative estimate of drug-likeness (QED) is 0.715. The van der Waals surface area contributed by atoms with Crippen molar-refractivity contribution in [2.24, 2.45) is 0 Å². The molecule has 0 atom stereocenters. The number of anilines is 2. The van der Waals surface area contributed by atoms with Gasteiger partial charge in [-0.25, -0.2) is 4.79 Å². The van der Waals surface area contributed by atoms with Crippen molar-refractivity contribution in [1.29, 1.82) is 0 Å². The van der Waals surface area contributed by atoms with Crippen molar-refractivity contribution >= 4 is 46.5 Å². The standard InChI is InChI=1S/C22H24Cl2N4O2/c1-16-2-3-18(24)14-20(16)25-8-10-26(11-9-25)21(29)15-27-12-13-28(22(27)30)19-6-4-17(23)5-7-19/h2-7,14H,8-13,15H2,1H3. The van der Waals surface area contributed by atoms with Gasteiger partial charge in [-0.05, 0) is 48.9 Å². The molecule has 0 saturated carbocycles. The van der Waals surface area contributed by atoms with Gasteiger partial charge in [0.25, 0.3) is 0 Å². The molecule has 0 N–H and O–H groups in total. The van der Waals surface area contributed by atoms with Gasteiger partial charge in [-0.2, -0.15) is 0 Å². The molecule has 158 valence electrons. The Kier molecular flexibility index (Phi) is 6.06. The maximum atomic E-state index is 12.8. The summed E-state index contributed by atoms with van der Waals surface area (Å²) >= 11 is 12.1. The summed E-state index contributed by atoms with van der Waals surface area (Å²) < 4.78 is 0. The van der Waals surface area contributed by atoms with Gasteiger partial charge in [0.2, 0.25) is 5.91 Å². The molecule has 2 aromatic carbocycles. The number of urea groups is 1. The third-order valence-corrected chi connectivity index (χ3v) is 6.19. The van der Waals surface area contributed by atoms with E-state index in [1.54, 1.807) is 21.9 Å². The van der Waals surface area contributed by atoms with Gasteiger partial charge in [0, 0.05) is 60.7 Å². The number of benzene rings is 2. The second kappa shape index (κ2) is 8.74. The second-order valence-electron chi connectivity index (χ2n) is 7.63. The number of hydrogen-bond donors (Lipinski definition) is 0. The normalized spacial score (nSPS) is 17.1. The van der Waals surface area contributed by atoms with E-state index >= 15 is 0 Å². The van der Waals surface area contributed by atoms with E-state index in [2.05, 4.69) is 11.8 Å². The molecule has 30 heavy (non-hydrogen) atoms. The number of carbonyl (C=O) groups is 2. The summed E-state index contributed by atoms with van der Waals surface area (Å²) in [7, 11) is 0. The number of piperazine rings is 1. The minimum absolute atomic E-state index is 0.0104. The van der Waals surface area contributed by atoms with E-state index in [0.29, 0.717) is 36.2 Å². The highest BCUT2D eigenvalue weighted by molar-refractivity contribution is 6.31. The number of carbonyl (C=O) groups excluding carboxylic acids is 2. The van der Waals surface area contributed by atoms with Crippen LogP contribution in [0.3, 0.4) is 0 Å². The Morgan fingerprint density at radius 3 is 2.27 bits per heavy atom. The summed E-state index contributed by atoms with van der Waals surface area (Å²) in [5.41, 5.74) is 3.08. The Balaban J connectivity index is 1.32. The molecule has 0 bridgehead atoms. The lowest BCUT2D eigenvalue weighted by molar-refractivity contribution is -0.131. The number of rotatable bonds is 4. The molecule has 0 aliphatic carbocycles. The van der Waals surface area contributed by atoms with E-state index in [9.17, 15) is 9.59 Å². The average molecular weight is 447 g/mol. The zero-order valence-corrected chi connectivity index (χ0v) is 18.4. The van der Waals surface area contributed by atoms with Crippen LogP contribution in [0.5, 0.6) is 0 Å². The summed E-state index contributed by atoms with van der Waals surface area (Å²) in [4.78, 5) is 33.0. The Hall–Kier alpha value is -2.44. The molecule has 0 aromatic heterocycles. The zero-order valence-electron chi connectivity index (χ0n) is 16.9. The topological polar surface area (TPSA) is 47.1 Å². The maximum Gasteiger partial charge on any atom is 0.325 e. The van der Waals surface area contributed by atoms with Crippen molar-refractivity contribution in [2.75, 3.05) is 55.6 Å². The molecule has 2 aliphatic heterocycles.